The first kappa shape index (κ1) is 17.0. The van der Waals surface area contributed by atoms with Crippen molar-refractivity contribution in [3.8, 4) is 10.6 Å². The van der Waals surface area contributed by atoms with Crippen LogP contribution in [0, 0.1) is 0 Å². The topological polar surface area (TPSA) is 98.0 Å². The van der Waals surface area contributed by atoms with Crippen molar-refractivity contribution in [2.24, 2.45) is 0 Å². The summed E-state index contributed by atoms with van der Waals surface area (Å²) in [6, 6.07) is 8.77. The molecule has 27 heavy (non-hydrogen) atoms. The number of ketones is 1. The maximum Gasteiger partial charge on any atom is 0.336 e. The van der Waals surface area contributed by atoms with Gasteiger partial charge in [0.2, 0.25) is 0 Å². The molecule has 0 unspecified atom stereocenters. The van der Waals surface area contributed by atoms with Gasteiger partial charge in [-0.2, -0.15) is 5.10 Å². The Balaban J connectivity index is 1.86. The van der Waals surface area contributed by atoms with E-state index in [1.807, 2.05) is 12.1 Å². The minimum Gasteiger partial charge on any atom is -0.478 e. The van der Waals surface area contributed by atoms with Crippen LogP contribution in [0.25, 0.3) is 21.6 Å². The zero-order chi connectivity index (χ0) is 19.0. The van der Waals surface area contributed by atoms with Crippen LogP contribution in [-0.2, 0) is 6.54 Å². The van der Waals surface area contributed by atoms with Crippen molar-refractivity contribution in [1.82, 2.24) is 19.7 Å². The maximum atomic E-state index is 11.8. The second-order valence-electron chi connectivity index (χ2n) is 5.98. The molecule has 0 bridgehead atoms. The fourth-order valence-electron chi connectivity index (χ4n) is 2.79. The van der Waals surface area contributed by atoms with Crippen LogP contribution in [0.3, 0.4) is 0 Å². The fraction of sp³-hybridized carbons (Fsp3) is 0.105. The van der Waals surface area contributed by atoms with Crippen LogP contribution in [-0.4, -0.2) is 36.6 Å². The molecule has 4 rings (SSSR count). The molecule has 0 spiro atoms. The molecule has 7 nitrogen and oxygen atoms in total. The molecular formula is C19H14N4O3S. The van der Waals surface area contributed by atoms with Gasteiger partial charge >= 0.3 is 5.97 Å². The number of Topliss-reactive ketones (excluding diaryl/α,β-unsaturated/α-hetero) is 1. The zero-order valence-electron chi connectivity index (χ0n) is 14.3. The molecular weight excluding hydrogens is 364 g/mol. The van der Waals surface area contributed by atoms with E-state index in [0.29, 0.717) is 28.1 Å². The van der Waals surface area contributed by atoms with Crippen LogP contribution in [0.4, 0.5) is 0 Å². The Hall–Kier alpha value is -3.39. The summed E-state index contributed by atoms with van der Waals surface area (Å²) in [7, 11) is 0. The number of carbonyl (C=O) groups is 2. The van der Waals surface area contributed by atoms with Crippen molar-refractivity contribution in [2.45, 2.75) is 13.5 Å². The Bertz CT molecular complexity index is 1160. The highest BCUT2D eigenvalue weighted by Gasteiger charge is 2.18. The van der Waals surface area contributed by atoms with E-state index >= 15 is 0 Å². The number of hydrogen-bond acceptors (Lipinski definition) is 6. The third kappa shape index (κ3) is 3.22. The Labute approximate surface area is 157 Å². The molecule has 4 aromatic heterocycles. The molecule has 0 aliphatic carbocycles. The Morgan fingerprint density at radius 1 is 1.19 bits per heavy atom. The largest absolute Gasteiger partial charge is 0.478 e. The van der Waals surface area contributed by atoms with Crippen LogP contribution in [0.2, 0.25) is 0 Å². The number of carbonyl (C=O) groups excluding carboxylic acids is 1. The SMILES string of the molecule is CC(=O)c1ccc(-c2cc(C(=O)O)c3cnn(Cc4ccncc4)c3n2)s1. The van der Waals surface area contributed by atoms with Gasteiger partial charge in [0.05, 0.1) is 39.1 Å². The van der Waals surface area contributed by atoms with Gasteiger partial charge in [-0.25, -0.2) is 14.5 Å². The molecule has 8 heteroatoms. The van der Waals surface area contributed by atoms with Crippen LogP contribution in [0.1, 0.15) is 32.5 Å². The van der Waals surface area contributed by atoms with Gasteiger partial charge < -0.3 is 5.11 Å². The number of fused-ring (bicyclic) bond motifs is 1. The lowest BCUT2D eigenvalue weighted by molar-refractivity contribution is 0.0698. The highest BCUT2D eigenvalue weighted by atomic mass is 32.1. The Kier molecular flexibility index (Phi) is 4.25. The van der Waals surface area contributed by atoms with Crippen LogP contribution < -0.4 is 0 Å². The van der Waals surface area contributed by atoms with Crippen LogP contribution >= 0.6 is 11.3 Å². The average Bonchev–Trinajstić information content (AvgIpc) is 3.29. The number of carboxylic acids is 1. The highest BCUT2D eigenvalue weighted by Crippen LogP contribution is 2.30. The number of nitrogens with zero attached hydrogens (tertiary/aromatic N) is 4. The van der Waals surface area contributed by atoms with Crippen molar-refractivity contribution in [3.63, 3.8) is 0 Å². The number of thiophene rings is 1. The summed E-state index contributed by atoms with van der Waals surface area (Å²) in [6.07, 6.45) is 4.90. The van der Waals surface area contributed by atoms with Crippen molar-refractivity contribution in [3.05, 3.63) is 64.9 Å². The lowest BCUT2D eigenvalue weighted by atomic mass is 10.1. The Morgan fingerprint density at radius 3 is 2.63 bits per heavy atom. The number of carboxylic acid groups (broad SMARTS) is 1. The molecule has 4 aromatic rings. The normalized spacial score (nSPS) is 11.0. The number of rotatable bonds is 5. The quantitative estimate of drug-likeness (QED) is 0.534. The molecule has 0 saturated carbocycles. The smallest absolute Gasteiger partial charge is 0.336 e. The number of aromatic nitrogens is 4. The van der Waals surface area contributed by atoms with Crippen LogP contribution in [0.5, 0.6) is 0 Å². The number of pyridine rings is 2. The van der Waals surface area contributed by atoms with E-state index < -0.39 is 5.97 Å². The van der Waals surface area contributed by atoms with Gasteiger partial charge in [-0.1, -0.05) is 0 Å². The lowest BCUT2D eigenvalue weighted by Gasteiger charge is -2.06. The van der Waals surface area contributed by atoms with Gasteiger partial charge in [0.15, 0.2) is 11.4 Å². The molecule has 0 saturated heterocycles. The van der Waals surface area contributed by atoms with Crippen LogP contribution in [0.15, 0.2) is 48.9 Å². The summed E-state index contributed by atoms with van der Waals surface area (Å²) in [5.41, 5.74) is 2.11. The van der Waals surface area contributed by atoms with E-state index in [1.165, 1.54) is 30.5 Å². The third-order valence-corrected chi connectivity index (χ3v) is 5.34. The van der Waals surface area contributed by atoms with Gasteiger partial charge in [-0.3, -0.25) is 9.78 Å². The predicted molar refractivity (Wildman–Crippen MR) is 101 cm³/mol. The van der Waals surface area contributed by atoms with E-state index in [0.717, 1.165) is 10.4 Å². The van der Waals surface area contributed by atoms with Gasteiger partial charge in [0.25, 0.3) is 0 Å². The second kappa shape index (κ2) is 6.73. The first-order chi connectivity index (χ1) is 13.0. The lowest BCUT2D eigenvalue weighted by Crippen LogP contribution is -2.05. The van der Waals surface area contributed by atoms with E-state index in [-0.39, 0.29) is 11.3 Å². The first-order valence-electron chi connectivity index (χ1n) is 8.13. The van der Waals surface area contributed by atoms with Gasteiger partial charge in [-0.05, 0) is 42.8 Å². The van der Waals surface area contributed by atoms with Crippen molar-refractivity contribution in [2.75, 3.05) is 0 Å². The predicted octanol–water partition coefficient (Wildman–Crippen LogP) is 3.50. The molecule has 0 aliphatic rings. The number of hydrogen-bond donors (Lipinski definition) is 1. The van der Waals surface area contributed by atoms with Gasteiger partial charge in [-0.15, -0.1) is 11.3 Å². The highest BCUT2D eigenvalue weighted by molar-refractivity contribution is 7.17. The molecule has 134 valence electrons. The van der Waals surface area contributed by atoms with E-state index in [9.17, 15) is 14.7 Å². The molecule has 0 fully saturated rings. The molecule has 0 aromatic carbocycles. The summed E-state index contributed by atoms with van der Waals surface area (Å²) in [5, 5.41) is 14.4. The Morgan fingerprint density at radius 2 is 1.96 bits per heavy atom. The number of aromatic carboxylic acids is 1. The molecule has 0 atom stereocenters. The van der Waals surface area contributed by atoms with E-state index in [4.69, 9.17) is 0 Å². The zero-order valence-corrected chi connectivity index (χ0v) is 15.1. The van der Waals surface area contributed by atoms with Gasteiger partial charge in [0.1, 0.15) is 0 Å². The van der Waals surface area contributed by atoms with E-state index in [2.05, 4.69) is 15.1 Å². The monoisotopic (exact) mass is 378 g/mol. The first-order valence-corrected chi connectivity index (χ1v) is 8.94. The fourth-order valence-corrected chi connectivity index (χ4v) is 3.65. The van der Waals surface area contributed by atoms with Crippen molar-refractivity contribution in [1.29, 1.82) is 0 Å². The molecule has 0 radical (unpaired) electrons. The molecule has 1 N–H and O–H groups in total. The van der Waals surface area contributed by atoms with E-state index in [1.54, 1.807) is 29.2 Å². The average molecular weight is 378 g/mol. The summed E-state index contributed by atoms with van der Waals surface area (Å²) in [4.78, 5) is 33.3. The summed E-state index contributed by atoms with van der Waals surface area (Å²) in [6.45, 7) is 1.95. The minimum absolute atomic E-state index is 0.0338. The maximum absolute atomic E-state index is 11.8. The summed E-state index contributed by atoms with van der Waals surface area (Å²) in [5.74, 6) is -1.08. The summed E-state index contributed by atoms with van der Waals surface area (Å²) < 4.78 is 1.67. The minimum atomic E-state index is -1.05. The standard InChI is InChI=1S/C19H14N4O3S/c1-11(24)16-2-3-17(27-16)15-8-13(19(25)26)14-9-21-23(18(14)22-15)10-12-4-6-20-7-5-12/h2-9H,10H2,1H3,(H,25,26). The molecule has 0 amide bonds. The van der Waals surface area contributed by atoms with Gasteiger partial charge in [0, 0.05) is 12.4 Å². The third-order valence-electron chi connectivity index (χ3n) is 4.13. The summed E-state index contributed by atoms with van der Waals surface area (Å²) >= 11 is 1.29. The second-order valence-corrected chi connectivity index (χ2v) is 7.06. The van der Waals surface area contributed by atoms with Crippen molar-refractivity contribution < 1.29 is 14.7 Å². The van der Waals surface area contributed by atoms with Crippen molar-refractivity contribution >= 4 is 34.1 Å². The molecule has 4 heterocycles. The molecule has 0 aliphatic heterocycles.